The van der Waals surface area contributed by atoms with E-state index >= 15 is 0 Å². The molecule has 6 atom stereocenters. The Kier molecular flexibility index (Phi) is 7.24. The Morgan fingerprint density at radius 2 is 1.89 bits per heavy atom. The lowest BCUT2D eigenvalue weighted by Gasteiger charge is -2.60. The molecule has 2 aliphatic heterocycles. The Morgan fingerprint density at radius 1 is 1.15 bits per heavy atom. The van der Waals surface area contributed by atoms with Crippen molar-refractivity contribution in [2.75, 3.05) is 20.1 Å². The summed E-state index contributed by atoms with van der Waals surface area (Å²) in [5, 5.41) is 23.1. The zero-order valence-electron chi connectivity index (χ0n) is 25.0. The molecule has 2 aliphatic carbocycles. The van der Waals surface area contributed by atoms with Gasteiger partial charge < -0.3 is 14.7 Å². The molecule has 1 N–H and O–H groups in total. The monoisotopic (exact) mass is 631 g/mol. The standard InChI is InChI=1S/C35H32F3N3O5/c1-39(30(43)16-9-21-7-11-24(12-8-21)35(36,37)38)26-14-13-25-27-19-23-10-15-29(42)32-31(23)34(25,33(26)46-32)17-18-40(27)20-28(41(44)45)22-5-3-2-4-6-22/h2-8,10-12,15,25-28,33,42H,13-14,17-20H2,1H3/t25-,26-,27+,28?,33-,34-/m0/s1. The van der Waals surface area contributed by atoms with E-state index in [1.807, 2.05) is 24.3 Å². The summed E-state index contributed by atoms with van der Waals surface area (Å²) in [6, 6.07) is 15.8. The van der Waals surface area contributed by atoms with Crippen LogP contribution in [0.2, 0.25) is 0 Å². The summed E-state index contributed by atoms with van der Waals surface area (Å²) in [6.45, 7) is 0.881. The first-order valence-corrected chi connectivity index (χ1v) is 15.4. The highest BCUT2D eigenvalue weighted by Gasteiger charge is 2.66. The highest BCUT2D eigenvalue weighted by atomic mass is 19.4. The van der Waals surface area contributed by atoms with E-state index in [0.29, 0.717) is 42.7 Å². The van der Waals surface area contributed by atoms with Crippen LogP contribution in [-0.2, 0) is 22.8 Å². The molecule has 7 rings (SSSR count). The number of piperidine rings is 1. The molecule has 1 spiro atoms. The quantitative estimate of drug-likeness (QED) is 0.232. The van der Waals surface area contributed by atoms with Crippen LogP contribution in [0.25, 0.3) is 0 Å². The number of alkyl halides is 3. The lowest BCUT2D eigenvalue weighted by atomic mass is 9.51. The Labute approximate surface area is 263 Å². The number of nitro groups is 1. The zero-order chi connectivity index (χ0) is 32.4. The Bertz CT molecular complexity index is 1750. The number of benzene rings is 3. The topological polar surface area (TPSA) is 96.2 Å². The molecule has 0 radical (unpaired) electrons. The van der Waals surface area contributed by atoms with Gasteiger partial charge in [-0.05, 0) is 74.0 Å². The SMILES string of the molecule is CN(C(=O)C#Cc1ccc(C(F)(F)F)cc1)[C@H]1CC[C@H]2[C@H]3Cc4ccc(O)c5c4[C@@]2(CCN3CC(c2ccccc2)[N+](=O)[O-])[C@H]1O5. The fraction of sp³-hybridized carbons (Fsp3) is 0.400. The first-order valence-electron chi connectivity index (χ1n) is 15.4. The molecule has 238 valence electrons. The van der Waals surface area contributed by atoms with Gasteiger partial charge in [0.05, 0.1) is 18.2 Å². The first kappa shape index (κ1) is 30.1. The van der Waals surface area contributed by atoms with E-state index in [2.05, 4.69) is 16.7 Å². The normalized spacial score (nSPS) is 26.6. The summed E-state index contributed by atoms with van der Waals surface area (Å²) in [6.07, 6.45) is -2.23. The summed E-state index contributed by atoms with van der Waals surface area (Å²) >= 11 is 0. The van der Waals surface area contributed by atoms with Gasteiger partial charge in [0, 0.05) is 46.0 Å². The number of ether oxygens (including phenoxy) is 1. The number of carbonyl (C=O) groups is 1. The molecule has 2 fully saturated rings. The Balaban J connectivity index is 1.17. The molecule has 3 aromatic rings. The van der Waals surface area contributed by atoms with Crippen LogP contribution in [0.1, 0.15) is 53.1 Å². The van der Waals surface area contributed by atoms with Gasteiger partial charge in [-0.15, -0.1) is 0 Å². The smallest absolute Gasteiger partial charge is 0.416 e. The fourth-order valence-corrected chi connectivity index (χ4v) is 8.52. The summed E-state index contributed by atoms with van der Waals surface area (Å²) in [5.41, 5.74) is 1.73. The number of nitrogens with zero attached hydrogens (tertiary/aromatic N) is 3. The van der Waals surface area contributed by atoms with Crippen molar-refractivity contribution in [2.24, 2.45) is 5.92 Å². The second-order valence-corrected chi connectivity index (χ2v) is 12.7. The predicted octanol–water partition coefficient (Wildman–Crippen LogP) is 5.35. The molecule has 4 aliphatic rings. The second-order valence-electron chi connectivity index (χ2n) is 12.7. The molecule has 2 bridgehead atoms. The molecule has 8 nitrogen and oxygen atoms in total. The van der Waals surface area contributed by atoms with Crippen molar-refractivity contribution in [2.45, 2.75) is 61.5 Å². The van der Waals surface area contributed by atoms with Crippen LogP contribution in [0.4, 0.5) is 13.2 Å². The van der Waals surface area contributed by atoms with E-state index in [4.69, 9.17) is 4.74 Å². The van der Waals surface area contributed by atoms with Crippen LogP contribution in [0.15, 0.2) is 66.7 Å². The number of hydrogen-bond donors (Lipinski definition) is 1. The lowest BCUT2D eigenvalue weighted by molar-refractivity contribution is -0.530. The van der Waals surface area contributed by atoms with Gasteiger partial charge in [-0.2, -0.15) is 13.2 Å². The number of likely N-dealkylation sites (N-methyl/N-ethyl adjacent to an activating group) is 1. The summed E-state index contributed by atoms with van der Waals surface area (Å²) in [7, 11) is 1.66. The lowest BCUT2D eigenvalue weighted by Crippen LogP contribution is -2.69. The first-order chi connectivity index (χ1) is 22.0. The van der Waals surface area contributed by atoms with Gasteiger partial charge in [-0.1, -0.05) is 42.3 Å². The molecule has 1 saturated heterocycles. The molecular weight excluding hydrogens is 599 g/mol. The maximum absolute atomic E-state index is 13.4. The Morgan fingerprint density at radius 3 is 2.59 bits per heavy atom. The van der Waals surface area contributed by atoms with Crippen molar-refractivity contribution < 1.29 is 32.7 Å². The van der Waals surface area contributed by atoms with Crippen LogP contribution in [-0.4, -0.2) is 64.1 Å². The van der Waals surface area contributed by atoms with Gasteiger partial charge in [-0.3, -0.25) is 19.8 Å². The maximum atomic E-state index is 13.4. The number of phenolic OH excluding ortho intramolecular Hbond substituents is 1. The van der Waals surface area contributed by atoms with Gasteiger partial charge >= 0.3 is 6.18 Å². The van der Waals surface area contributed by atoms with Crippen LogP contribution >= 0.6 is 0 Å². The van der Waals surface area contributed by atoms with Crippen molar-refractivity contribution in [3.63, 3.8) is 0 Å². The molecular formula is C35H32F3N3O5. The van der Waals surface area contributed by atoms with Crippen molar-refractivity contribution in [3.8, 4) is 23.3 Å². The van der Waals surface area contributed by atoms with Crippen molar-refractivity contribution in [1.29, 1.82) is 0 Å². The molecule has 0 aromatic heterocycles. The minimum atomic E-state index is -4.46. The largest absolute Gasteiger partial charge is 0.504 e. The molecule has 46 heavy (non-hydrogen) atoms. The minimum absolute atomic E-state index is 0.0235. The third kappa shape index (κ3) is 4.78. The zero-order valence-corrected chi connectivity index (χ0v) is 25.0. The number of aromatic hydroxyl groups is 1. The summed E-state index contributed by atoms with van der Waals surface area (Å²) in [4.78, 5) is 29.2. The number of hydrogen-bond acceptors (Lipinski definition) is 6. The van der Waals surface area contributed by atoms with Crippen molar-refractivity contribution in [1.82, 2.24) is 9.80 Å². The average Bonchev–Trinajstić information content (AvgIpc) is 3.39. The fourth-order valence-electron chi connectivity index (χ4n) is 8.52. The third-order valence-corrected chi connectivity index (χ3v) is 10.6. The molecule has 3 aromatic carbocycles. The van der Waals surface area contributed by atoms with E-state index in [9.17, 15) is 33.2 Å². The number of phenols is 1. The second kappa shape index (κ2) is 11.1. The van der Waals surface area contributed by atoms with Crippen molar-refractivity contribution in [3.05, 3.63) is 105 Å². The predicted molar refractivity (Wildman–Crippen MR) is 162 cm³/mol. The van der Waals surface area contributed by atoms with Crippen LogP contribution < -0.4 is 4.74 Å². The molecule has 1 unspecified atom stereocenters. The van der Waals surface area contributed by atoms with Gasteiger partial charge in [0.2, 0.25) is 0 Å². The number of likely N-dealkylation sites (tertiary alicyclic amines) is 1. The number of carbonyl (C=O) groups excluding carboxylic acids is 1. The van der Waals surface area contributed by atoms with E-state index in [0.717, 1.165) is 29.7 Å². The summed E-state index contributed by atoms with van der Waals surface area (Å²) in [5.74, 6) is 5.41. The van der Waals surface area contributed by atoms with E-state index in [1.165, 1.54) is 12.1 Å². The molecule has 11 heteroatoms. The van der Waals surface area contributed by atoms with Crippen LogP contribution in [0.3, 0.4) is 0 Å². The van der Waals surface area contributed by atoms with Crippen molar-refractivity contribution >= 4 is 5.91 Å². The van der Waals surface area contributed by atoms with Gasteiger partial charge in [0.25, 0.3) is 11.9 Å². The van der Waals surface area contributed by atoms with Crippen LogP contribution in [0, 0.1) is 27.9 Å². The van der Waals surface area contributed by atoms with E-state index in [-0.39, 0.29) is 35.2 Å². The Hall–Kier alpha value is -4.56. The highest BCUT2D eigenvalue weighted by Crippen LogP contribution is 2.64. The van der Waals surface area contributed by atoms with E-state index < -0.39 is 35.2 Å². The molecule has 2 heterocycles. The van der Waals surface area contributed by atoms with Gasteiger partial charge in [-0.25, -0.2) is 0 Å². The van der Waals surface area contributed by atoms with Gasteiger partial charge in [0.15, 0.2) is 11.5 Å². The van der Waals surface area contributed by atoms with E-state index in [1.54, 1.807) is 30.1 Å². The van der Waals surface area contributed by atoms with Gasteiger partial charge in [0.1, 0.15) is 6.10 Å². The highest BCUT2D eigenvalue weighted by molar-refractivity contribution is 5.94. The third-order valence-electron chi connectivity index (χ3n) is 10.6. The number of rotatable bonds is 5. The molecule has 1 saturated carbocycles. The maximum Gasteiger partial charge on any atom is 0.416 e. The number of amides is 1. The van der Waals surface area contributed by atoms with Crippen LogP contribution in [0.5, 0.6) is 11.5 Å². The minimum Gasteiger partial charge on any atom is -0.504 e. The average molecular weight is 632 g/mol. The number of halogens is 3. The molecule has 1 amide bonds. The summed E-state index contributed by atoms with van der Waals surface area (Å²) < 4.78 is 45.4.